The van der Waals surface area contributed by atoms with E-state index in [1.54, 1.807) is 0 Å². The van der Waals surface area contributed by atoms with Crippen molar-refractivity contribution in [3.8, 4) is 0 Å². The molecule has 2 aliphatic rings. The van der Waals surface area contributed by atoms with Gasteiger partial charge in [-0.05, 0) is 26.9 Å². The Morgan fingerprint density at radius 1 is 1.28 bits per heavy atom. The number of hydrogen-bond acceptors (Lipinski definition) is 4. The maximum Gasteiger partial charge on any atom is 0.236 e. The molecule has 0 aromatic rings. The van der Waals surface area contributed by atoms with Gasteiger partial charge < -0.3 is 20.0 Å². The summed E-state index contributed by atoms with van der Waals surface area (Å²) in [6.45, 7) is 6.18. The maximum atomic E-state index is 11.9. The molecule has 0 bridgehead atoms. The first-order chi connectivity index (χ1) is 8.66. The Morgan fingerprint density at radius 3 is 2.56 bits per heavy atom. The first-order valence-electron chi connectivity index (χ1n) is 7.04. The number of rotatable bonds is 6. The summed E-state index contributed by atoms with van der Waals surface area (Å²) < 4.78 is 0. The van der Waals surface area contributed by atoms with E-state index in [1.807, 2.05) is 4.90 Å². The predicted molar refractivity (Wildman–Crippen MR) is 72.6 cm³/mol. The molecule has 0 atom stereocenters. The average molecular weight is 254 g/mol. The summed E-state index contributed by atoms with van der Waals surface area (Å²) in [5, 5.41) is 3.26. The summed E-state index contributed by atoms with van der Waals surface area (Å²) in [6.07, 6.45) is 2.69. The molecule has 0 radical (unpaired) electrons. The third kappa shape index (κ3) is 4.23. The molecular weight excluding hydrogens is 228 g/mol. The molecule has 18 heavy (non-hydrogen) atoms. The van der Waals surface area contributed by atoms with Crippen molar-refractivity contribution in [3.05, 3.63) is 0 Å². The Hall–Kier alpha value is -0.650. The summed E-state index contributed by atoms with van der Waals surface area (Å²) in [6, 6.07) is 0.806. The van der Waals surface area contributed by atoms with Crippen molar-refractivity contribution in [2.75, 3.05) is 59.9 Å². The van der Waals surface area contributed by atoms with E-state index in [9.17, 15) is 4.79 Å². The van der Waals surface area contributed by atoms with Crippen LogP contribution in [-0.4, -0.2) is 86.6 Å². The Morgan fingerprint density at radius 2 is 1.94 bits per heavy atom. The minimum Gasteiger partial charge on any atom is -0.339 e. The van der Waals surface area contributed by atoms with Gasteiger partial charge in [0.15, 0.2) is 0 Å². The largest absolute Gasteiger partial charge is 0.339 e. The van der Waals surface area contributed by atoms with E-state index in [0.29, 0.717) is 6.54 Å². The molecule has 5 nitrogen and oxygen atoms in total. The highest BCUT2D eigenvalue weighted by molar-refractivity contribution is 5.78. The molecule has 1 aliphatic heterocycles. The van der Waals surface area contributed by atoms with Gasteiger partial charge in [-0.2, -0.15) is 0 Å². The Labute approximate surface area is 110 Å². The fourth-order valence-electron chi connectivity index (χ4n) is 2.32. The van der Waals surface area contributed by atoms with Crippen molar-refractivity contribution >= 4 is 5.91 Å². The third-order valence-electron chi connectivity index (χ3n) is 3.94. The summed E-state index contributed by atoms with van der Waals surface area (Å²) in [4.78, 5) is 18.5. The van der Waals surface area contributed by atoms with E-state index in [4.69, 9.17) is 0 Å². The van der Waals surface area contributed by atoms with Gasteiger partial charge in [-0.1, -0.05) is 0 Å². The molecule has 5 heteroatoms. The lowest BCUT2D eigenvalue weighted by molar-refractivity contribution is -0.131. The smallest absolute Gasteiger partial charge is 0.236 e. The minimum absolute atomic E-state index is 0.247. The Kier molecular flexibility index (Phi) is 4.97. The van der Waals surface area contributed by atoms with Crippen molar-refractivity contribution in [3.63, 3.8) is 0 Å². The van der Waals surface area contributed by atoms with Crippen LogP contribution in [0, 0.1) is 0 Å². The van der Waals surface area contributed by atoms with E-state index in [2.05, 4.69) is 29.2 Å². The van der Waals surface area contributed by atoms with E-state index >= 15 is 0 Å². The highest BCUT2D eigenvalue weighted by atomic mass is 16.2. The van der Waals surface area contributed by atoms with Gasteiger partial charge in [0.05, 0.1) is 6.54 Å². The molecule has 1 saturated heterocycles. The van der Waals surface area contributed by atoms with Crippen LogP contribution in [0.2, 0.25) is 0 Å². The number of nitrogens with one attached hydrogen (secondary N) is 1. The highest BCUT2D eigenvalue weighted by Crippen LogP contribution is 2.24. The van der Waals surface area contributed by atoms with Crippen molar-refractivity contribution in [2.24, 2.45) is 0 Å². The monoisotopic (exact) mass is 254 g/mol. The lowest BCUT2D eigenvalue weighted by Gasteiger charge is -2.32. The van der Waals surface area contributed by atoms with Crippen molar-refractivity contribution in [1.82, 2.24) is 20.0 Å². The number of piperazine rings is 1. The molecule has 2 rings (SSSR count). The van der Waals surface area contributed by atoms with Crippen molar-refractivity contribution < 1.29 is 4.79 Å². The number of amides is 1. The molecule has 0 aromatic heterocycles. The molecular formula is C13H26N4O. The molecule has 1 saturated carbocycles. The number of carbonyl (C=O) groups is 1. The summed E-state index contributed by atoms with van der Waals surface area (Å²) in [5.74, 6) is 0.247. The van der Waals surface area contributed by atoms with Crippen LogP contribution in [0.4, 0.5) is 0 Å². The molecule has 2 fully saturated rings. The molecule has 1 heterocycles. The van der Waals surface area contributed by atoms with Gasteiger partial charge in [0.2, 0.25) is 5.91 Å². The molecule has 1 N–H and O–H groups in total. The van der Waals surface area contributed by atoms with Gasteiger partial charge in [-0.3, -0.25) is 4.79 Å². The summed E-state index contributed by atoms with van der Waals surface area (Å²) >= 11 is 0. The minimum atomic E-state index is 0.247. The average Bonchev–Trinajstić information content (AvgIpc) is 3.19. The maximum absolute atomic E-state index is 11.9. The lowest BCUT2D eigenvalue weighted by atomic mass is 10.3. The zero-order chi connectivity index (χ0) is 13.0. The Balaban J connectivity index is 1.54. The quantitative estimate of drug-likeness (QED) is 0.645. The topological polar surface area (TPSA) is 38.8 Å². The SMILES string of the molecule is CN1CCN(C(=O)CNCCN(C)C2CC2)CC1. The number of hydrogen-bond donors (Lipinski definition) is 1. The van der Waals surface area contributed by atoms with Crippen LogP contribution >= 0.6 is 0 Å². The van der Waals surface area contributed by atoms with E-state index in [0.717, 1.165) is 45.3 Å². The first-order valence-corrected chi connectivity index (χ1v) is 7.04. The second-order valence-electron chi connectivity index (χ2n) is 5.57. The van der Waals surface area contributed by atoms with Crippen LogP contribution in [-0.2, 0) is 4.79 Å². The standard InChI is InChI=1S/C13H26N4O/c1-15-7-9-17(10-8-15)13(18)11-14-5-6-16(2)12-3-4-12/h12,14H,3-11H2,1-2H3. The predicted octanol–water partition coefficient (Wildman–Crippen LogP) is -0.556. The lowest BCUT2D eigenvalue weighted by Crippen LogP contribution is -2.49. The van der Waals surface area contributed by atoms with Crippen LogP contribution < -0.4 is 5.32 Å². The van der Waals surface area contributed by atoms with Crippen LogP contribution in [0.3, 0.4) is 0 Å². The normalized spacial score (nSPS) is 21.6. The fraction of sp³-hybridized carbons (Fsp3) is 0.923. The van der Waals surface area contributed by atoms with Gasteiger partial charge in [-0.15, -0.1) is 0 Å². The first kappa shape index (κ1) is 13.8. The van der Waals surface area contributed by atoms with Gasteiger partial charge >= 0.3 is 0 Å². The van der Waals surface area contributed by atoms with E-state index in [1.165, 1.54) is 12.8 Å². The fourth-order valence-corrected chi connectivity index (χ4v) is 2.32. The van der Waals surface area contributed by atoms with Crippen LogP contribution in [0.15, 0.2) is 0 Å². The zero-order valence-electron chi connectivity index (χ0n) is 11.7. The Bertz CT molecular complexity index is 272. The number of nitrogens with zero attached hydrogens (tertiary/aromatic N) is 3. The summed E-state index contributed by atoms with van der Waals surface area (Å²) in [7, 11) is 4.27. The highest BCUT2D eigenvalue weighted by Gasteiger charge is 2.25. The van der Waals surface area contributed by atoms with Crippen LogP contribution in [0.1, 0.15) is 12.8 Å². The zero-order valence-corrected chi connectivity index (χ0v) is 11.7. The third-order valence-corrected chi connectivity index (χ3v) is 3.94. The van der Waals surface area contributed by atoms with Gasteiger partial charge in [0.1, 0.15) is 0 Å². The molecule has 0 unspecified atom stereocenters. The molecule has 1 amide bonds. The van der Waals surface area contributed by atoms with Crippen LogP contribution in [0.25, 0.3) is 0 Å². The summed E-state index contributed by atoms with van der Waals surface area (Å²) in [5.41, 5.74) is 0. The van der Waals surface area contributed by atoms with Gasteiger partial charge in [0, 0.05) is 45.3 Å². The van der Waals surface area contributed by atoms with Crippen molar-refractivity contribution in [1.29, 1.82) is 0 Å². The van der Waals surface area contributed by atoms with Crippen LogP contribution in [0.5, 0.6) is 0 Å². The van der Waals surface area contributed by atoms with Gasteiger partial charge in [-0.25, -0.2) is 0 Å². The molecule has 0 aromatic carbocycles. The van der Waals surface area contributed by atoms with E-state index < -0.39 is 0 Å². The van der Waals surface area contributed by atoms with Gasteiger partial charge in [0.25, 0.3) is 0 Å². The van der Waals surface area contributed by atoms with Crippen molar-refractivity contribution in [2.45, 2.75) is 18.9 Å². The molecule has 0 spiro atoms. The second-order valence-corrected chi connectivity index (χ2v) is 5.57. The van der Waals surface area contributed by atoms with E-state index in [-0.39, 0.29) is 5.91 Å². The molecule has 104 valence electrons. The number of likely N-dealkylation sites (N-methyl/N-ethyl adjacent to an activating group) is 2. The number of carbonyl (C=O) groups excluding carboxylic acids is 1. The second kappa shape index (κ2) is 6.50. The molecule has 1 aliphatic carbocycles.